The number of carboxylic acid groups (broad SMARTS) is 1. The van der Waals surface area contributed by atoms with E-state index >= 15 is 0 Å². The lowest BCUT2D eigenvalue weighted by Gasteiger charge is -2.21. The maximum atomic E-state index is 11.5. The molecule has 0 radical (unpaired) electrons. The number of ketones is 1. The molecule has 1 aliphatic carbocycles. The highest BCUT2D eigenvalue weighted by atomic mass is 16.6. The van der Waals surface area contributed by atoms with Gasteiger partial charge in [0.15, 0.2) is 5.92 Å². The largest absolute Gasteiger partial charge is 0.481 e. The van der Waals surface area contributed by atoms with Crippen molar-refractivity contribution in [2.75, 3.05) is 0 Å². The van der Waals surface area contributed by atoms with Gasteiger partial charge in [-0.3, -0.25) is 14.4 Å². The highest BCUT2D eigenvalue weighted by Gasteiger charge is 2.49. The molecule has 2 rings (SSSR count). The molecule has 0 spiro atoms. The van der Waals surface area contributed by atoms with Crippen LogP contribution in [0.15, 0.2) is 0 Å². The SMILES string of the molecule is O=C1CCCCC2OC(=O)C(C(=O)O)C2C1. The van der Waals surface area contributed by atoms with Gasteiger partial charge in [-0.1, -0.05) is 0 Å². The van der Waals surface area contributed by atoms with Gasteiger partial charge in [-0.2, -0.15) is 0 Å². The first-order chi connectivity index (χ1) is 7.59. The molecule has 0 aromatic heterocycles. The third kappa shape index (κ3) is 1.94. The van der Waals surface area contributed by atoms with Crippen LogP contribution in [-0.4, -0.2) is 28.9 Å². The maximum Gasteiger partial charge on any atom is 0.321 e. The number of carbonyl (C=O) groups is 3. The second kappa shape index (κ2) is 4.23. The van der Waals surface area contributed by atoms with Gasteiger partial charge in [-0.25, -0.2) is 0 Å². The number of esters is 1. The minimum atomic E-state index is -1.18. The molecular formula is C11H14O5. The zero-order valence-electron chi connectivity index (χ0n) is 8.85. The van der Waals surface area contributed by atoms with Crippen LogP contribution < -0.4 is 0 Å². The van der Waals surface area contributed by atoms with Crippen LogP contribution in [0.25, 0.3) is 0 Å². The van der Waals surface area contributed by atoms with Gasteiger partial charge in [-0.05, 0) is 19.3 Å². The van der Waals surface area contributed by atoms with Crippen molar-refractivity contribution in [1.29, 1.82) is 0 Å². The molecule has 5 nitrogen and oxygen atoms in total. The lowest BCUT2D eigenvalue weighted by Crippen LogP contribution is -2.30. The number of Topliss-reactive ketones (excluding diaryl/α,β-unsaturated/α-hetero) is 1. The first-order valence-electron chi connectivity index (χ1n) is 5.54. The van der Waals surface area contributed by atoms with Crippen molar-refractivity contribution in [1.82, 2.24) is 0 Å². The summed E-state index contributed by atoms with van der Waals surface area (Å²) in [6, 6.07) is 0. The predicted molar refractivity (Wildman–Crippen MR) is 52.6 cm³/mol. The van der Waals surface area contributed by atoms with E-state index in [0.29, 0.717) is 12.8 Å². The molecule has 0 aromatic rings. The normalized spacial score (nSPS) is 34.9. The average molecular weight is 226 g/mol. The van der Waals surface area contributed by atoms with Crippen molar-refractivity contribution < 1.29 is 24.2 Å². The highest BCUT2D eigenvalue weighted by molar-refractivity contribution is 5.96. The number of hydrogen-bond acceptors (Lipinski definition) is 4. The Kier molecular flexibility index (Phi) is 2.94. The summed E-state index contributed by atoms with van der Waals surface area (Å²) in [5, 5.41) is 8.96. The van der Waals surface area contributed by atoms with E-state index in [1.165, 1.54) is 0 Å². The van der Waals surface area contributed by atoms with Crippen molar-refractivity contribution >= 4 is 17.7 Å². The standard InChI is InChI=1S/C11H14O5/c12-6-3-1-2-4-8-7(5-6)9(10(13)14)11(15)16-8/h7-9H,1-5H2,(H,13,14). The van der Waals surface area contributed by atoms with E-state index < -0.39 is 23.8 Å². The van der Waals surface area contributed by atoms with Crippen molar-refractivity contribution in [3.05, 3.63) is 0 Å². The Morgan fingerprint density at radius 2 is 2.06 bits per heavy atom. The summed E-state index contributed by atoms with van der Waals surface area (Å²) < 4.78 is 5.05. The number of hydrogen-bond donors (Lipinski definition) is 1. The molecule has 1 heterocycles. The highest BCUT2D eigenvalue weighted by Crippen LogP contribution is 2.36. The van der Waals surface area contributed by atoms with Gasteiger partial charge in [0.2, 0.25) is 0 Å². The Bertz CT molecular complexity index is 335. The van der Waals surface area contributed by atoms with Crippen LogP contribution in [0.1, 0.15) is 32.1 Å². The van der Waals surface area contributed by atoms with E-state index in [1.54, 1.807) is 0 Å². The van der Waals surface area contributed by atoms with E-state index in [0.717, 1.165) is 12.8 Å². The predicted octanol–water partition coefficient (Wildman–Crippen LogP) is 0.762. The zero-order valence-corrected chi connectivity index (χ0v) is 8.85. The molecule has 0 bridgehead atoms. The number of fused-ring (bicyclic) bond motifs is 1. The van der Waals surface area contributed by atoms with E-state index in [2.05, 4.69) is 0 Å². The molecule has 88 valence electrons. The number of carbonyl (C=O) groups excluding carboxylic acids is 2. The smallest absolute Gasteiger partial charge is 0.321 e. The minimum absolute atomic E-state index is 0.0410. The second-order valence-corrected chi connectivity index (χ2v) is 4.44. The van der Waals surface area contributed by atoms with Crippen molar-refractivity contribution in [3.8, 4) is 0 Å². The molecule has 3 unspecified atom stereocenters. The van der Waals surface area contributed by atoms with Crippen LogP contribution in [0, 0.1) is 11.8 Å². The molecule has 1 saturated heterocycles. The lowest BCUT2D eigenvalue weighted by molar-refractivity contribution is -0.153. The number of carboxylic acids is 1. The fourth-order valence-corrected chi connectivity index (χ4v) is 2.54. The van der Waals surface area contributed by atoms with Crippen molar-refractivity contribution in [2.24, 2.45) is 11.8 Å². The average Bonchev–Trinajstić information content (AvgIpc) is 2.46. The van der Waals surface area contributed by atoms with Crippen LogP contribution in [0.3, 0.4) is 0 Å². The van der Waals surface area contributed by atoms with E-state index in [9.17, 15) is 14.4 Å². The molecule has 5 heteroatoms. The quantitative estimate of drug-likeness (QED) is 0.527. The van der Waals surface area contributed by atoms with Crippen molar-refractivity contribution in [2.45, 2.75) is 38.2 Å². The Balaban J connectivity index is 2.20. The zero-order chi connectivity index (χ0) is 11.7. The third-order valence-corrected chi connectivity index (χ3v) is 3.35. The Morgan fingerprint density at radius 3 is 2.75 bits per heavy atom. The fraction of sp³-hybridized carbons (Fsp3) is 0.727. The van der Waals surface area contributed by atoms with E-state index in [-0.39, 0.29) is 18.3 Å². The molecule has 1 N–H and O–H groups in total. The van der Waals surface area contributed by atoms with Gasteiger partial charge in [0.05, 0.1) is 0 Å². The topological polar surface area (TPSA) is 80.7 Å². The number of rotatable bonds is 1. The first kappa shape index (κ1) is 11.1. The summed E-state index contributed by atoms with van der Waals surface area (Å²) in [6.07, 6.45) is 2.56. The molecule has 1 saturated carbocycles. The van der Waals surface area contributed by atoms with Gasteiger partial charge < -0.3 is 9.84 Å². The van der Waals surface area contributed by atoms with Gasteiger partial charge in [0.25, 0.3) is 0 Å². The fourth-order valence-electron chi connectivity index (χ4n) is 2.54. The first-order valence-corrected chi connectivity index (χ1v) is 5.54. The monoisotopic (exact) mass is 226 g/mol. The van der Waals surface area contributed by atoms with Gasteiger partial charge >= 0.3 is 11.9 Å². The Hall–Kier alpha value is -1.39. The summed E-state index contributed by atoms with van der Waals surface area (Å²) >= 11 is 0. The molecule has 0 aromatic carbocycles. The van der Waals surface area contributed by atoms with Gasteiger partial charge in [-0.15, -0.1) is 0 Å². The molecule has 2 aliphatic rings. The van der Waals surface area contributed by atoms with Crippen molar-refractivity contribution in [3.63, 3.8) is 0 Å². The molecular weight excluding hydrogens is 212 g/mol. The summed E-state index contributed by atoms with van der Waals surface area (Å²) in [4.78, 5) is 33.9. The van der Waals surface area contributed by atoms with Crippen LogP contribution in [0.5, 0.6) is 0 Å². The van der Waals surface area contributed by atoms with Crippen LogP contribution >= 0.6 is 0 Å². The van der Waals surface area contributed by atoms with Crippen LogP contribution in [0.4, 0.5) is 0 Å². The second-order valence-electron chi connectivity index (χ2n) is 4.44. The molecule has 0 amide bonds. The van der Waals surface area contributed by atoms with Gasteiger partial charge in [0.1, 0.15) is 11.9 Å². The Labute approximate surface area is 92.8 Å². The van der Waals surface area contributed by atoms with Gasteiger partial charge in [0, 0.05) is 18.8 Å². The van der Waals surface area contributed by atoms with E-state index in [1.807, 2.05) is 0 Å². The third-order valence-electron chi connectivity index (χ3n) is 3.35. The molecule has 16 heavy (non-hydrogen) atoms. The number of aliphatic carboxylic acids is 1. The summed E-state index contributed by atoms with van der Waals surface area (Å²) in [6.45, 7) is 0. The summed E-state index contributed by atoms with van der Waals surface area (Å²) in [5.41, 5.74) is 0. The molecule has 1 aliphatic heterocycles. The maximum absolute atomic E-state index is 11.5. The van der Waals surface area contributed by atoms with Crippen LogP contribution in [0.2, 0.25) is 0 Å². The number of ether oxygens (including phenoxy) is 1. The van der Waals surface area contributed by atoms with E-state index in [4.69, 9.17) is 9.84 Å². The lowest BCUT2D eigenvalue weighted by atomic mass is 9.81. The molecule has 3 atom stereocenters. The van der Waals surface area contributed by atoms with Crippen LogP contribution in [-0.2, 0) is 19.1 Å². The molecule has 2 fully saturated rings. The minimum Gasteiger partial charge on any atom is -0.481 e. The summed E-state index contributed by atoms with van der Waals surface area (Å²) in [7, 11) is 0. The Morgan fingerprint density at radius 1 is 1.31 bits per heavy atom. The summed E-state index contributed by atoms with van der Waals surface area (Å²) in [5.74, 6) is -3.42.